The lowest BCUT2D eigenvalue weighted by atomic mass is 10.2. The molecule has 0 saturated carbocycles. The number of imidazole rings is 1. The number of rotatable bonds is 5. The van der Waals surface area contributed by atoms with Crippen LogP contribution in [0.25, 0.3) is 11.2 Å². The number of aliphatic hydroxyl groups excluding tert-OH is 3. The van der Waals surface area contributed by atoms with Gasteiger partial charge in [-0.2, -0.15) is 0 Å². The molecule has 1 fully saturated rings. The minimum atomic E-state index is -0.994. The summed E-state index contributed by atoms with van der Waals surface area (Å²) >= 11 is 0. The highest BCUT2D eigenvalue weighted by Gasteiger charge is 2.26. The van der Waals surface area contributed by atoms with Crippen molar-refractivity contribution in [1.29, 1.82) is 0 Å². The van der Waals surface area contributed by atoms with Gasteiger partial charge in [0, 0.05) is 26.2 Å². The van der Waals surface area contributed by atoms with Crippen LogP contribution in [-0.2, 0) is 11.3 Å². The van der Waals surface area contributed by atoms with Gasteiger partial charge in [0.05, 0.1) is 25.6 Å². The number of carbonyl (C=O) groups excluding carboxylic acids is 1. The van der Waals surface area contributed by atoms with Crippen LogP contribution in [0.1, 0.15) is 6.92 Å². The third kappa shape index (κ3) is 3.55. The molecule has 3 N–H and O–H groups in total. The third-order valence-electron chi connectivity index (χ3n) is 4.25. The van der Waals surface area contributed by atoms with E-state index < -0.39 is 12.2 Å². The predicted molar refractivity (Wildman–Crippen MR) is 88.9 cm³/mol. The fourth-order valence-electron chi connectivity index (χ4n) is 2.92. The first kappa shape index (κ1) is 17.5. The molecule has 0 aliphatic carbocycles. The summed E-state index contributed by atoms with van der Waals surface area (Å²) in [5.41, 5.74) is 1.20. The molecule has 0 spiro atoms. The zero-order valence-corrected chi connectivity index (χ0v) is 14.0. The van der Waals surface area contributed by atoms with E-state index in [1.807, 2.05) is 4.90 Å². The van der Waals surface area contributed by atoms with E-state index in [0.29, 0.717) is 43.2 Å². The second-order valence-corrected chi connectivity index (χ2v) is 6.09. The maximum Gasteiger partial charge on any atom is 0.251 e. The Bertz CT molecular complexity index is 741. The Morgan fingerprint density at radius 3 is 2.56 bits per heavy atom. The van der Waals surface area contributed by atoms with E-state index >= 15 is 0 Å². The second kappa shape index (κ2) is 7.30. The van der Waals surface area contributed by atoms with Gasteiger partial charge in [-0.1, -0.05) is 0 Å². The van der Waals surface area contributed by atoms with Crippen LogP contribution in [0.4, 0.5) is 5.82 Å². The standard InChI is InChI=1S/C15H22N6O4/c1-10(23)15(25)20-4-2-19(3-5-20)13-12-14(17-8-16-13)21(9-18-12)6-11(24)7-22/h8-11,22-24H,2-7H2,1H3. The summed E-state index contributed by atoms with van der Waals surface area (Å²) in [6.45, 7) is 3.48. The number of hydrogen-bond donors (Lipinski definition) is 3. The number of amides is 1. The normalized spacial score (nSPS) is 17.8. The molecule has 2 aromatic heterocycles. The first-order valence-corrected chi connectivity index (χ1v) is 8.17. The van der Waals surface area contributed by atoms with Crippen LogP contribution < -0.4 is 4.90 Å². The Morgan fingerprint density at radius 1 is 1.20 bits per heavy atom. The van der Waals surface area contributed by atoms with Crippen LogP contribution in [0.5, 0.6) is 0 Å². The number of anilines is 1. The highest BCUT2D eigenvalue weighted by atomic mass is 16.3. The molecule has 3 heterocycles. The molecule has 2 aromatic rings. The Morgan fingerprint density at radius 2 is 1.92 bits per heavy atom. The van der Waals surface area contributed by atoms with E-state index in [1.165, 1.54) is 13.3 Å². The van der Waals surface area contributed by atoms with Crippen LogP contribution in [0.3, 0.4) is 0 Å². The summed E-state index contributed by atoms with van der Waals surface area (Å²) in [7, 11) is 0. The smallest absolute Gasteiger partial charge is 0.251 e. The average molecular weight is 350 g/mol. The second-order valence-electron chi connectivity index (χ2n) is 6.09. The van der Waals surface area contributed by atoms with Crippen molar-refractivity contribution < 1.29 is 20.1 Å². The lowest BCUT2D eigenvalue weighted by Crippen LogP contribution is -2.51. The number of aliphatic hydroxyl groups is 3. The van der Waals surface area contributed by atoms with Crippen molar-refractivity contribution in [2.24, 2.45) is 0 Å². The Labute approximate surface area is 144 Å². The van der Waals surface area contributed by atoms with Gasteiger partial charge in [0.25, 0.3) is 5.91 Å². The number of nitrogens with zero attached hydrogens (tertiary/aromatic N) is 6. The van der Waals surface area contributed by atoms with Crippen molar-refractivity contribution in [3.63, 3.8) is 0 Å². The van der Waals surface area contributed by atoms with Gasteiger partial charge in [0.2, 0.25) is 0 Å². The van der Waals surface area contributed by atoms with Crippen molar-refractivity contribution >= 4 is 22.9 Å². The van der Waals surface area contributed by atoms with Gasteiger partial charge >= 0.3 is 0 Å². The number of hydrogen-bond acceptors (Lipinski definition) is 8. The first-order valence-electron chi connectivity index (χ1n) is 8.17. The van der Waals surface area contributed by atoms with Crippen LogP contribution in [0.2, 0.25) is 0 Å². The lowest BCUT2D eigenvalue weighted by Gasteiger charge is -2.35. The predicted octanol–water partition coefficient (Wildman–Crippen LogP) is -1.79. The highest BCUT2D eigenvalue weighted by molar-refractivity contribution is 5.84. The molecule has 2 unspecified atom stereocenters. The molecule has 0 bridgehead atoms. The van der Waals surface area contributed by atoms with Crippen LogP contribution in [-0.4, -0.2) is 90.6 Å². The van der Waals surface area contributed by atoms with Crippen LogP contribution >= 0.6 is 0 Å². The lowest BCUT2D eigenvalue weighted by molar-refractivity contribution is -0.139. The minimum absolute atomic E-state index is 0.195. The molecule has 3 rings (SSSR count). The third-order valence-corrected chi connectivity index (χ3v) is 4.25. The molecule has 1 saturated heterocycles. The molecule has 2 atom stereocenters. The van der Waals surface area contributed by atoms with Crippen LogP contribution in [0, 0.1) is 0 Å². The summed E-state index contributed by atoms with van der Waals surface area (Å²) in [4.78, 5) is 28.4. The average Bonchev–Trinajstić information content (AvgIpc) is 3.04. The molecule has 1 aliphatic heterocycles. The Hall–Kier alpha value is -2.30. The van der Waals surface area contributed by atoms with E-state index in [1.54, 1.807) is 15.8 Å². The van der Waals surface area contributed by atoms with Crippen molar-refractivity contribution in [2.45, 2.75) is 25.7 Å². The Kier molecular flexibility index (Phi) is 5.11. The minimum Gasteiger partial charge on any atom is -0.394 e. The maximum atomic E-state index is 11.9. The molecule has 25 heavy (non-hydrogen) atoms. The summed E-state index contributed by atoms with van der Waals surface area (Å²) < 4.78 is 1.68. The number of aromatic nitrogens is 4. The highest BCUT2D eigenvalue weighted by Crippen LogP contribution is 2.23. The van der Waals surface area contributed by atoms with E-state index in [-0.39, 0.29) is 19.1 Å². The zero-order chi connectivity index (χ0) is 18.0. The molecule has 10 heteroatoms. The molecular weight excluding hydrogens is 328 g/mol. The van der Waals surface area contributed by atoms with Crippen LogP contribution in [0.15, 0.2) is 12.7 Å². The first-order chi connectivity index (χ1) is 12.0. The monoisotopic (exact) mass is 350 g/mol. The number of carbonyl (C=O) groups is 1. The number of piperazine rings is 1. The largest absolute Gasteiger partial charge is 0.394 e. The molecule has 136 valence electrons. The molecule has 10 nitrogen and oxygen atoms in total. The van der Waals surface area contributed by atoms with E-state index in [0.717, 1.165) is 0 Å². The topological polar surface area (TPSA) is 128 Å². The quantitative estimate of drug-likeness (QED) is 0.577. The van der Waals surface area contributed by atoms with E-state index in [2.05, 4.69) is 15.0 Å². The molecule has 0 radical (unpaired) electrons. The van der Waals surface area contributed by atoms with Gasteiger partial charge < -0.3 is 29.7 Å². The fraction of sp³-hybridized carbons (Fsp3) is 0.600. The van der Waals surface area contributed by atoms with E-state index in [4.69, 9.17) is 5.11 Å². The summed E-state index contributed by atoms with van der Waals surface area (Å²) in [6.07, 6.45) is 1.13. The maximum absolute atomic E-state index is 11.9. The van der Waals surface area contributed by atoms with E-state index in [9.17, 15) is 15.0 Å². The molecule has 0 aromatic carbocycles. The van der Waals surface area contributed by atoms with Gasteiger partial charge in [-0.25, -0.2) is 15.0 Å². The Balaban J connectivity index is 1.78. The fourth-order valence-corrected chi connectivity index (χ4v) is 2.92. The summed E-state index contributed by atoms with van der Waals surface area (Å²) in [6, 6.07) is 0. The zero-order valence-electron chi connectivity index (χ0n) is 14.0. The van der Waals surface area contributed by atoms with Gasteiger partial charge in [-0.15, -0.1) is 0 Å². The molecular formula is C15H22N6O4. The molecule has 1 aliphatic rings. The van der Waals surface area contributed by atoms with Gasteiger partial charge in [-0.3, -0.25) is 4.79 Å². The summed E-state index contributed by atoms with van der Waals surface area (Å²) in [5.74, 6) is 0.404. The van der Waals surface area contributed by atoms with Crippen molar-refractivity contribution in [3.8, 4) is 0 Å². The van der Waals surface area contributed by atoms with Gasteiger partial charge in [-0.05, 0) is 6.92 Å². The van der Waals surface area contributed by atoms with Crippen molar-refractivity contribution in [1.82, 2.24) is 24.4 Å². The van der Waals surface area contributed by atoms with Gasteiger partial charge in [0.15, 0.2) is 17.0 Å². The summed E-state index contributed by atoms with van der Waals surface area (Å²) in [5, 5.41) is 28.0. The molecule has 1 amide bonds. The van der Waals surface area contributed by atoms with Crippen molar-refractivity contribution in [2.75, 3.05) is 37.7 Å². The number of fused-ring (bicyclic) bond motifs is 1. The SMILES string of the molecule is CC(O)C(=O)N1CCN(c2ncnc3c2ncn3CC(O)CO)CC1. The van der Waals surface area contributed by atoms with Gasteiger partial charge in [0.1, 0.15) is 12.4 Å². The van der Waals surface area contributed by atoms with Crippen molar-refractivity contribution in [3.05, 3.63) is 12.7 Å².